The number of esters is 1. The minimum Gasteiger partial charge on any atom is -0.462 e. The minimum absolute atomic E-state index is 0.0115. The van der Waals surface area contributed by atoms with Crippen molar-refractivity contribution < 1.29 is 14.6 Å². The second-order valence-electron chi connectivity index (χ2n) is 3.77. The third kappa shape index (κ3) is 1.04. The van der Waals surface area contributed by atoms with E-state index >= 15 is 0 Å². The van der Waals surface area contributed by atoms with Gasteiger partial charge in [0.2, 0.25) is 0 Å². The number of ether oxygens (including phenoxy) is 1. The molecule has 1 aliphatic heterocycles. The van der Waals surface area contributed by atoms with Gasteiger partial charge in [0.25, 0.3) is 0 Å². The molecule has 0 aromatic carbocycles. The van der Waals surface area contributed by atoms with Crippen LogP contribution in [0.25, 0.3) is 0 Å². The average molecular weight is 170 g/mol. The standard InChI is InChI=1S/C9H14O3/c1-2-5-6-3-9(11)12-8(6)4-7(5)10/h5-8,10H,2-4H2,1H3/t5-,6-,7-,8+/m1/s1. The second kappa shape index (κ2) is 2.73. The molecule has 68 valence electrons. The highest BCUT2D eigenvalue weighted by atomic mass is 16.6. The summed E-state index contributed by atoms with van der Waals surface area (Å²) in [6, 6.07) is 0. The number of hydrogen-bond acceptors (Lipinski definition) is 3. The van der Waals surface area contributed by atoms with E-state index in [-0.39, 0.29) is 30.0 Å². The van der Waals surface area contributed by atoms with E-state index in [1.807, 2.05) is 0 Å². The smallest absolute Gasteiger partial charge is 0.306 e. The fourth-order valence-corrected chi connectivity index (χ4v) is 2.55. The number of rotatable bonds is 1. The van der Waals surface area contributed by atoms with Crippen LogP contribution in [0.5, 0.6) is 0 Å². The van der Waals surface area contributed by atoms with Gasteiger partial charge in [0.1, 0.15) is 6.10 Å². The number of aliphatic hydroxyl groups excluding tert-OH is 1. The van der Waals surface area contributed by atoms with Crippen molar-refractivity contribution in [2.24, 2.45) is 11.8 Å². The van der Waals surface area contributed by atoms with E-state index in [1.165, 1.54) is 0 Å². The van der Waals surface area contributed by atoms with Crippen LogP contribution in [0.1, 0.15) is 26.2 Å². The van der Waals surface area contributed by atoms with Gasteiger partial charge in [-0.25, -0.2) is 0 Å². The largest absolute Gasteiger partial charge is 0.462 e. The third-order valence-electron chi connectivity index (χ3n) is 3.15. The predicted octanol–water partition coefficient (Wildman–Crippen LogP) is 0.709. The van der Waals surface area contributed by atoms with Gasteiger partial charge in [0.05, 0.1) is 12.5 Å². The molecule has 2 aliphatic rings. The number of fused-ring (bicyclic) bond motifs is 1. The highest BCUT2D eigenvalue weighted by molar-refractivity contribution is 5.72. The number of carbonyl (C=O) groups is 1. The normalized spacial score (nSPS) is 46.0. The molecule has 0 aromatic heterocycles. The molecule has 2 fully saturated rings. The summed E-state index contributed by atoms with van der Waals surface area (Å²) in [5, 5.41) is 9.59. The molecular formula is C9H14O3. The maximum atomic E-state index is 10.9. The van der Waals surface area contributed by atoms with Gasteiger partial charge in [-0.15, -0.1) is 0 Å². The molecule has 0 amide bonds. The molecule has 1 heterocycles. The van der Waals surface area contributed by atoms with Crippen LogP contribution in [0.2, 0.25) is 0 Å². The summed E-state index contributed by atoms with van der Waals surface area (Å²) in [5.41, 5.74) is 0. The van der Waals surface area contributed by atoms with E-state index in [9.17, 15) is 9.90 Å². The molecule has 0 unspecified atom stereocenters. The van der Waals surface area contributed by atoms with Crippen molar-refractivity contribution in [3.05, 3.63) is 0 Å². The SMILES string of the molecule is CC[C@@H]1[C@H]2CC(=O)O[C@H]2C[C@H]1O. The molecular weight excluding hydrogens is 156 g/mol. The topological polar surface area (TPSA) is 46.5 Å². The molecule has 4 atom stereocenters. The lowest BCUT2D eigenvalue weighted by Crippen LogP contribution is -2.18. The van der Waals surface area contributed by atoms with E-state index in [1.54, 1.807) is 0 Å². The molecule has 0 radical (unpaired) electrons. The Kier molecular flexibility index (Phi) is 1.83. The van der Waals surface area contributed by atoms with Gasteiger partial charge >= 0.3 is 5.97 Å². The zero-order valence-corrected chi connectivity index (χ0v) is 7.19. The predicted molar refractivity (Wildman–Crippen MR) is 42.4 cm³/mol. The van der Waals surface area contributed by atoms with E-state index in [0.717, 1.165) is 6.42 Å². The number of carbonyl (C=O) groups excluding carboxylic acids is 1. The lowest BCUT2D eigenvalue weighted by molar-refractivity contribution is -0.141. The van der Waals surface area contributed by atoms with Crippen LogP contribution in [0, 0.1) is 11.8 Å². The molecule has 1 aliphatic carbocycles. The van der Waals surface area contributed by atoms with Gasteiger partial charge in [-0.3, -0.25) is 4.79 Å². The van der Waals surface area contributed by atoms with Gasteiger partial charge in [0, 0.05) is 12.3 Å². The summed E-state index contributed by atoms with van der Waals surface area (Å²) in [6.07, 6.45) is 1.87. The van der Waals surface area contributed by atoms with Crippen molar-refractivity contribution in [1.29, 1.82) is 0 Å². The first-order valence-electron chi connectivity index (χ1n) is 4.60. The van der Waals surface area contributed by atoms with Crippen LogP contribution in [0.4, 0.5) is 0 Å². The van der Waals surface area contributed by atoms with E-state index in [0.29, 0.717) is 12.8 Å². The van der Waals surface area contributed by atoms with Crippen LogP contribution < -0.4 is 0 Å². The molecule has 1 saturated heterocycles. The first-order valence-corrected chi connectivity index (χ1v) is 4.60. The van der Waals surface area contributed by atoms with Gasteiger partial charge in [-0.05, 0) is 5.92 Å². The molecule has 0 spiro atoms. The fraction of sp³-hybridized carbons (Fsp3) is 0.889. The summed E-state index contributed by atoms with van der Waals surface area (Å²) in [6.45, 7) is 2.05. The lowest BCUT2D eigenvalue weighted by Gasteiger charge is -2.15. The Labute approximate surface area is 71.7 Å². The third-order valence-corrected chi connectivity index (χ3v) is 3.15. The quantitative estimate of drug-likeness (QED) is 0.589. The highest BCUT2D eigenvalue weighted by Crippen LogP contribution is 2.42. The number of aliphatic hydroxyl groups is 1. The Morgan fingerprint density at radius 1 is 1.67 bits per heavy atom. The lowest BCUT2D eigenvalue weighted by atomic mass is 9.90. The summed E-state index contributed by atoms with van der Waals surface area (Å²) < 4.78 is 5.09. The summed E-state index contributed by atoms with van der Waals surface area (Å²) >= 11 is 0. The van der Waals surface area contributed by atoms with E-state index in [4.69, 9.17) is 4.74 Å². The van der Waals surface area contributed by atoms with Crippen LogP contribution in [-0.2, 0) is 9.53 Å². The van der Waals surface area contributed by atoms with Gasteiger partial charge in [0.15, 0.2) is 0 Å². The van der Waals surface area contributed by atoms with Crippen molar-refractivity contribution in [2.45, 2.75) is 38.4 Å². The van der Waals surface area contributed by atoms with Crippen LogP contribution >= 0.6 is 0 Å². The first kappa shape index (κ1) is 8.05. The Hall–Kier alpha value is -0.570. The van der Waals surface area contributed by atoms with E-state index < -0.39 is 0 Å². The Morgan fingerprint density at radius 3 is 3.08 bits per heavy atom. The maximum Gasteiger partial charge on any atom is 0.306 e. The van der Waals surface area contributed by atoms with Crippen LogP contribution in [0.3, 0.4) is 0 Å². The Bertz CT molecular complexity index is 202. The maximum absolute atomic E-state index is 10.9. The van der Waals surface area contributed by atoms with Crippen molar-refractivity contribution in [3.63, 3.8) is 0 Å². The number of hydrogen-bond donors (Lipinski definition) is 1. The van der Waals surface area contributed by atoms with Gasteiger partial charge in [-0.1, -0.05) is 13.3 Å². The van der Waals surface area contributed by atoms with Crippen molar-refractivity contribution in [3.8, 4) is 0 Å². The van der Waals surface area contributed by atoms with Crippen molar-refractivity contribution >= 4 is 5.97 Å². The molecule has 12 heavy (non-hydrogen) atoms. The van der Waals surface area contributed by atoms with Crippen molar-refractivity contribution in [1.82, 2.24) is 0 Å². The molecule has 1 N–H and O–H groups in total. The van der Waals surface area contributed by atoms with Gasteiger partial charge < -0.3 is 9.84 Å². The zero-order valence-electron chi connectivity index (χ0n) is 7.19. The molecule has 1 saturated carbocycles. The average Bonchev–Trinajstić information content (AvgIpc) is 2.43. The molecule has 0 bridgehead atoms. The monoisotopic (exact) mass is 170 g/mol. The molecule has 0 aromatic rings. The first-order chi connectivity index (χ1) is 5.72. The summed E-state index contributed by atoms with van der Waals surface area (Å²) in [4.78, 5) is 10.9. The van der Waals surface area contributed by atoms with Crippen molar-refractivity contribution in [2.75, 3.05) is 0 Å². The Morgan fingerprint density at radius 2 is 2.42 bits per heavy atom. The fourth-order valence-electron chi connectivity index (χ4n) is 2.55. The summed E-state index contributed by atoms with van der Waals surface area (Å²) in [5.74, 6) is 0.481. The second-order valence-corrected chi connectivity index (χ2v) is 3.77. The molecule has 2 rings (SSSR count). The zero-order chi connectivity index (χ0) is 8.72. The Balaban J connectivity index is 2.11. The highest BCUT2D eigenvalue weighted by Gasteiger charge is 2.48. The minimum atomic E-state index is -0.252. The molecule has 3 nitrogen and oxygen atoms in total. The van der Waals surface area contributed by atoms with E-state index in [2.05, 4.69) is 6.92 Å². The van der Waals surface area contributed by atoms with Crippen LogP contribution in [0.15, 0.2) is 0 Å². The van der Waals surface area contributed by atoms with Crippen LogP contribution in [-0.4, -0.2) is 23.3 Å². The molecule has 3 heteroatoms. The van der Waals surface area contributed by atoms with Gasteiger partial charge in [-0.2, -0.15) is 0 Å². The summed E-state index contributed by atoms with van der Waals surface area (Å²) in [7, 11) is 0.